The number of carboxylic acids is 2. The largest absolute Gasteiger partial charge is 0.478 e. The Hall–Kier alpha value is -1.66. The third-order valence-corrected chi connectivity index (χ3v) is 19.6. The zero-order chi connectivity index (χ0) is 65.1. The Bertz CT molecular complexity index is 985. The first-order valence-corrected chi connectivity index (χ1v) is 40.7. The second-order valence-corrected chi connectivity index (χ2v) is 29.1. The maximum Gasteiger partial charge on any atom is 0.330 e. The lowest BCUT2D eigenvalue weighted by molar-refractivity contribution is -0.172. The minimum absolute atomic E-state index is 0.176. The molecule has 5 saturated carbocycles. The van der Waals surface area contributed by atoms with Crippen molar-refractivity contribution >= 4 is 11.9 Å². The number of aliphatic hydroxyl groups is 2. The van der Waals surface area contributed by atoms with Gasteiger partial charge in [0.25, 0.3) is 0 Å². The topological polar surface area (TPSA) is 115 Å². The van der Waals surface area contributed by atoms with Crippen molar-refractivity contribution in [2.45, 2.75) is 495 Å². The fourth-order valence-electron chi connectivity index (χ4n) is 13.3. The first-order chi connectivity index (χ1) is 43.5. The minimum atomic E-state index is -1.39. The van der Waals surface area contributed by atoms with E-state index in [-0.39, 0.29) is 11.1 Å². The minimum Gasteiger partial charge on any atom is -0.478 e. The van der Waals surface area contributed by atoms with Crippen LogP contribution in [0.2, 0.25) is 0 Å². The quantitative estimate of drug-likeness (QED) is 0.162. The van der Waals surface area contributed by atoms with Gasteiger partial charge in [-0.25, -0.2) is 9.59 Å². The van der Waals surface area contributed by atoms with Crippen molar-refractivity contribution in [2.24, 2.45) is 0 Å². The van der Waals surface area contributed by atoms with Gasteiger partial charge in [0.15, 0.2) is 5.79 Å². The summed E-state index contributed by atoms with van der Waals surface area (Å²) in [6.07, 6.45) is 106. The highest BCUT2D eigenvalue weighted by atomic mass is 16.5. The average molecular weight is 1260 g/mol. The Morgan fingerprint density at radius 3 is 0.303 bits per heavy atom. The molecular weight excluding hydrogens is 1090 g/mol. The summed E-state index contributed by atoms with van der Waals surface area (Å²) in [4.78, 5) is 19.2. The van der Waals surface area contributed by atoms with Crippen LogP contribution in [-0.2, 0) is 9.59 Å². The van der Waals surface area contributed by atoms with Crippen LogP contribution >= 0.6 is 0 Å². The first-order valence-electron chi connectivity index (χ1n) is 40.7. The summed E-state index contributed by atoms with van der Waals surface area (Å²) in [5.74, 6) is -3.26. The standard InChI is InChI=1S/C15H30O2.4C15H30.2C4H6O2/c16-15(17)13-11-9-7-5-3-1-2-4-6-8-10-12-14-15;4*1-2-4-6-8-10-12-14-15-13-11-9-7-5-3-1;2*1-3(2)4(5)6/h16-17H,1-14H2;4*1-15H2;2*1H2,2H3,(H,5,6). The van der Waals surface area contributed by atoms with Gasteiger partial charge >= 0.3 is 11.9 Å². The highest BCUT2D eigenvalue weighted by Crippen LogP contribution is 2.24. The molecule has 6 nitrogen and oxygen atoms in total. The van der Waals surface area contributed by atoms with Crippen LogP contribution in [0.25, 0.3) is 0 Å². The maximum absolute atomic E-state index is 9.80. The predicted octanol–water partition coefficient (Wildman–Crippen LogP) is 28.8. The second-order valence-electron chi connectivity index (χ2n) is 29.1. The van der Waals surface area contributed by atoms with Crippen LogP contribution in [0.15, 0.2) is 24.3 Å². The number of hydrogen-bond donors (Lipinski definition) is 4. The van der Waals surface area contributed by atoms with E-state index in [1.807, 2.05) is 0 Å². The number of hydrogen-bond acceptors (Lipinski definition) is 4. The Kier molecular flexibility index (Phi) is 77.4. The zero-order valence-electron chi connectivity index (χ0n) is 60.8. The van der Waals surface area contributed by atoms with E-state index < -0.39 is 17.7 Å². The molecule has 0 spiro atoms. The molecule has 530 valence electrons. The van der Waals surface area contributed by atoms with Gasteiger partial charge in [-0.05, 0) is 26.7 Å². The highest BCUT2D eigenvalue weighted by molar-refractivity contribution is 5.85. The number of rotatable bonds is 2. The van der Waals surface area contributed by atoms with Crippen molar-refractivity contribution < 1.29 is 30.0 Å². The average Bonchev–Trinajstić information content (AvgIpc) is 3.57. The van der Waals surface area contributed by atoms with E-state index in [4.69, 9.17) is 10.2 Å². The van der Waals surface area contributed by atoms with Crippen molar-refractivity contribution in [1.29, 1.82) is 0 Å². The van der Waals surface area contributed by atoms with E-state index in [1.165, 1.54) is 450 Å². The number of carboxylic acid groups (broad SMARTS) is 2. The summed E-state index contributed by atoms with van der Waals surface area (Å²) >= 11 is 0. The van der Waals surface area contributed by atoms with Crippen LogP contribution in [0, 0.1) is 0 Å². The third-order valence-electron chi connectivity index (χ3n) is 19.6. The van der Waals surface area contributed by atoms with Crippen LogP contribution in [0.1, 0.15) is 489 Å². The maximum atomic E-state index is 9.80. The van der Waals surface area contributed by atoms with Gasteiger partial charge in [0.05, 0.1) is 0 Å². The molecule has 5 aliphatic carbocycles. The summed E-state index contributed by atoms with van der Waals surface area (Å²) in [5, 5.41) is 35.4. The van der Waals surface area contributed by atoms with E-state index in [0.29, 0.717) is 12.8 Å². The molecule has 0 radical (unpaired) electrons. The molecule has 0 heterocycles. The van der Waals surface area contributed by atoms with Crippen molar-refractivity contribution in [3.63, 3.8) is 0 Å². The summed E-state index contributed by atoms with van der Waals surface area (Å²) in [5.41, 5.74) is 0.352. The van der Waals surface area contributed by atoms with Crippen LogP contribution in [0.5, 0.6) is 0 Å². The molecule has 0 aromatic heterocycles. The molecule has 0 atom stereocenters. The summed E-state index contributed by atoms with van der Waals surface area (Å²) in [7, 11) is 0. The molecule has 0 unspecified atom stereocenters. The van der Waals surface area contributed by atoms with E-state index >= 15 is 0 Å². The molecule has 0 amide bonds. The Morgan fingerprint density at radius 2 is 0.247 bits per heavy atom. The molecule has 0 bridgehead atoms. The molecule has 5 aliphatic rings. The molecule has 0 aromatic rings. The molecule has 6 heteroatoms. The normalized spacial score (nSPS) is 22.1. The van der Waals surface area contributed by atoms with Crippen LogP contribution < -0.4 is 0 Å². The lowest BCUT2D eigenvalue weighted by atomic mass is 10.00. The predicted molar refractivity (Wildman–Crippen MR) is 394 cm³/mol. The molecule has 0 aliphatic heterocycles. The summed E-state index contributed by atoms with van der Waals surface area (Å²) < 4.78 is 0. The van der Waals surface area contributed by atoms with Gasteiger partial charge in [-0.15, -0.1) is 0 Å². The van der Waals surface area contributed by atoms with Gasteiger partial charge in [-0.2, -0.15) is 0 Å². The van der Waals surface area contributed by atoms with Gasteiger partial charge in [-0.1, -0.05) is 463 Å². The fraction of sp³-hybridized carbons (Fsp3) is 0.928. The summed E-state index contributed by atoms with van der Waals surface area (Å²) in [6.45, 7) is 9.20. The molecule has 5 rings (SSSR count). The van der Waals surface area contributed by atoms with Crippen molar-refractivity contribution in [2.75, 3.05) is 0 Å². The van der Waals surface area contributed by atoms with Crippen LogP contribution in [-0.4, -0.2) is 38.2 Å². The van der Waals surface area contributed by atoms with Crippen molar-refractivity contribution in [3.05, 3.63) is 24.3 Å². The number of aliphatic carboxylic acids is 2. The lowest BCUT2D eigenvalue weighted by Gasteiger charge is -2.21. The molecular formula is C83H162O6. The Morgan fingerprint density at radius 1 is 0.191 bits per heavy atom. The second kappa shape index (κ2) is 77.0. The van der Waals surface area contributed by atoms with Gasteiger partial charge in [0.2, 0.25) is 0 Å². The molecule has 4 N–H and O–H groups in total. The van der Waals surface area contributed by atoms with Gasteiger partial charge in [0.1, 0.15) is 0 Å². The zero-order valence-corrected chi connectivity index (χ0v) is 60.8. The Labute approximate surface area is 558 Å². The number of carbonyl (C=O) groups is 2. The van der Waals surface area contributed by atoms with E-state index in [9.17, 15) is 19.8 Å². The van der Waals surface area contributed by atoms with Gasteiger partial charge in [0, 0.05) is 24.0 Å². The Balaban J connectivity index is 0. The fourth-order valence-corrected chi connectivity index (χ4v) is 13.3. The van der Waals surface area contributed by atoms with E-state index in [2.05, 4.69) is 13.2 Å². The molecule has 89 heavy (non-hydrogen) atoms. The SMILES string of the molecule is C1CCCCCCCCCCCCCC1.C1CCCCCCCCCCCCCC1.C1CCCCCCCCCCCCCC1.C1CCCCCCCCCCCCCC1.C=C(C)C(=O)O.C=C(C)C(=O)O.OC1(O)CCCCCCCCCCCCCC1. The van der Waals surface area contributed by atoms with Crippen molar-refractivity contribution in [1.82, 2.24) is 0 Å². The molecule has 5 fully saturated rings. The monoisotopic (exact) mass is 1260 g/mol. The summed E-state index contributed by atoms with van der Waals surface area (Å²) in [6, 6.07) is 0. The van der Waals surface area contributed by atoms with Crippen LogP contribution in [0.4, 0.5) is 0 Å². The van der Waals surface area contributed by atoms with Crippen molar-refractivity contribution in [3.8, 4) is 0 Å². The van der Waals surface area contributed by atoms with Crippen LogP contribution in [0.3, 0.4) is 0 Å². The first kappa shape index (κ1) is 89.4. The lowest BCUT2D eigenvalue weighted by Crippen LogP contribution is -2.27. The van der Waals surface area contributed by atoms with E-state index in [0.717, 1.165) is 25.7 Å². The molecule has 0 aromatic carbocycles. The molecule has 0 saturated heterocycles. The van der Waals surface area contributed by atoms with Gasteiger partial charge in [-0.3, -0.25) is 0 Å². The third kappa shape index (κ3) is 84.3. The van der Waals surface area contributed by atoms with Gasteiger partial charge < -0.3 is 20.4 Å². The van der Waals surface area contributed by atoms with E-state index in [1.54, 1.807) is 0 Å². The highest BCUT2D eigenvalue weighted by Gasteiger charge is 2.21. The smallest absolute Gasteiger partial charge is 0.330 e.